The van der Waals surface area contributed by atoms with Crippen LogP contribution in [-0.4, -0.2) is 28.0 Å². The number of halogens is 1. The Balaban J connectivity index is 1.80. The predicted octanol–water partition coefficient (Wildman–Crippen LogP) is 3.46. The molecule has 27 heavy (non-hydrogen) atoms. The number of aryl methyl sites for hydroxylation is 1. The zero-order chi connectivity index (χ0) is 19.4. The van der Waals surface area contributed by atoms with Crippen molar-refractivity contribution in [1.82, 2.24) is 9.47 Å². The number of imide groups is 1. The quantitative estimate of drug-likeness (QED) is 0.729. The van der Waals surface area contributed by atoms with Crippen LogP contribution in [0.4, 0.5) is 4.79 Å². The third-order valence-corrected chi connectivity index (χ3v) is 4.56. The van der Waals surface area contributed by atoms with Gasteiger partial charge in [0.15, 0.2) is 0 Å². The number of carbonyl (C=O) groups is 2. The Morgan fingerprint density at radius 1 is 1.15 bits per heavy atom. The number of ether oxygens (including phenoxy) is 1. The van der Waals surface area contributed by atoms with Gasteiger partial charge >= 0.3 is 6.09 Å². The molecule has 3 rings (SSSR count). The summed E-state index contributed by atoms with van der Waals surface area (Å²) in [4.78, 5) is 25.7. The zero-order valence-electron chi connectivity index (χ0n) is 14.9. The summed E-state index contributed by atoms with van der Waals surface area (Å²) in [6, 6.07) is 16.7. The predicted molar refractivity (Wildman–Crippen MR) is 104 cm³/mol. The van der Waals surface area contributed by atoms with Crippen LogP contribution in [0, 0.1) is 0 Å². The van der Waals surface area contributed by atoms with E-state index < -0.39 is 12.0 Å². The van der Waals surface area contributed by atoms with Crippen molar-refractivity contribution < 1.29 is 14.3 Å². The number of hydrogen-bond donors (Lipinski definition) is 1. The molecule has 0 atom stereocenters. The summed E-state index contributed by atoms with van der Waals surface area (Å²) >= 11 is 6.04. The number of nitrogens with two attached hydrogens (primary N) is 1. The maximum atomic E-state index is 12.5. The van der Waals surface area contributed by atoms with Crippen LogP contribution in [0.5, 0.6) is 0 Å². The summed E-state index contributed by atoms with van der Waals surface area (Å²) in [6.45, 7) is -0.137. The highest BCUT2D eigenvalue weighted by Crippen LogP contribution is 2.23. The minimum atomic E-state index is -0.724. The van der Waals surface area contributed by atoms with Crippen LogP contribution in [0.1, 0.15) is 11.3 Å². The lowest BCUT2D eigenvalue weighted by Gasteiger charge is -2.20. The Bertz CT molecular complexity index is 969. The summed E-state index contributed by atoms with van der Waals surface area (Å²) in [7, 11) is 1.87. The summed E-state index contributed by atoms with van der Waals surface area (Å²) in [5.41, 5.74) is 8.04. The maximum absolute atomic E-state index is 12.5. The number of fused-ring (bicyclic) bond motifs is 1. The van der Waals surface area contributed by atoms with Crippen molar-refractivity contribution in [3.63, 3.8) is 0 Å². The van der Waals surface area contributed by atoms with Gasteiger partial charge < -0.3 is 15.0 Å². The van der Waals surface area contributed by atoms with Crippen molar-refractivity contribution in [3.05, 3.63) is 70.9 Å². The molecule has 2 aromatic carbocycles. The van der Waals surface area contributed by atoms with Gasteiger partial charge in [0.1, 0.15) is 6.61 Å². The highest BCUT2D eigenvalue weighted by Gasteiger charge is 2.24. The SMILES string of the molecule is Cn1c(CN(C(=O)CN)C(=O)OCc2ccccc2)cc2cc(Cl)ccc21. The third-order valence-electron chi connectivity index (χ3n) is 4.33. The lowest BCUT2D eigenvalue weighted by molar-refractivity contribution is -0.128. The molecule has 3 aromatic rings. The van der Waals surface area contributed by atoms with Crippen LogP contribution < -0.4 is 5.73 Å². The monoisotopic (exact) mass is 385 g/mol. The molecular formula is C20H20ClN3O3. The number of hydrogen-bond acceptors (Lipinski definition) is 4. The summed E-state index contributed by atoms with van der Waals surface area (Å²) in [5.74, 6) is -0.503. The molecule has 1 aromatic heterocycles. The van der Waals surface area contributed by atoms with E-state index in [9.17, 15) is 9.59 Å². The molecule has 0 unspecified atom stereocenters. The second kappa shape index (κ2) is 8.24. The van der Waals surface area contributed by atoms with Gasteiger partial charge in [-0.3, -0.25) is 4.79 Å². The van der Waals surface area contributed by atoms with Gasteiger partial charge in [0.2, 0.25) is 5.91 Å². The van der Waals surface area contributed by atoms with E-state index in [0.717, 1.165) is 27.1 Å². The Morgan fingerprint density at radius 3 is 2.59 bits per heavy atom. The number of nitrogens with zero attached hydrogens (tertiary/aromatic N) is 2. The van der Waals surface area contributed by atoms with Gasteiger partial charge in [-0.05, 0) is 29.8 Å². The Morgan fingerprint density at radius 2 is 1.89 bits per heavy atom. The van der Waals surface area contributed by atoms with E-state index in [-0.39, 0.29) is 19.7 Å². The fraction of sp³-hybridized carbons (Fsp3) is 0.200. The normalized spacial score (nSPS) is 10.8. The van der Waals surface area contributed by atoms with Gasteiger partial charge in [0, 0.05) is 28.7 Å². The first-order chi connectivity index (χ1) is 13.0. The van der Waals surface area contributed by atoms with E-state index >= 15 is 0 Å². The van der Waals surface area contributed by atoms with Crippen molar-refractivity contribution in [1.29, 1.82) is 0 Å². The first kappa shape index (κ1) is 18.9. The average molecular weight is 386 g/mol. The smallest absolute Gasteiger partial charge is 0.417 e. The van der Waals surface area contributed by atoms with E-state index in [2.05, 4.69) is 0 Å². The fourth-order valence-electron chi connectivity index (χ4n) is 2.85. The molecule has 0 bridgehead atoms. The molecule has 140 valence electrons. The van der Waals surface area contributed by atoms with Gasteiger partial charge in [-0.25, -0.2) is 9.69 Å². The largest absolute Gasteiger partial charge is 0.444 e. The summed E-state index contributed by atoms with van der Waals surface area (Å²) < 4.78 is 7.21. The molecular weight excluding hydrogens is 366 g/mol. The average Bonchev–Trinajstić information content (AvgIpc) is 2.99. The van der Waals surface area contributed by atoms with Gasteiger partial charge in [0.05, 0.1) is 13.1 Å². The van der Waals surface area contributed by atoms with Crippen LogP contribution in [0.3, 0.4) is 0 Å². The molecule has 0 saturated heterocycles. The molecule has 0 aliphatic heterocycles. The highest BCUT2D eigenvalue weighted by molar-refractivity contribution is 6.31. The van der Waals surface area contributed by atoms with Crippen LogP contribution >= 0.6 is 11.6 Å². The van der Waals surface area contributed by atoms with E-state index in [1.54, 1.807) is 6.07 Å². The second-order valence-electron chi connectivity index (χ2n) is 6.12. The van der Waals surface area contributed by atoms with Crippen LogP contribution in [0.15, 0.2) is 54.6 Å². The number of benzene rings is 2. The number of rotatable bonds is 5. The minimum absolute atomic E-state index is 0.0620. The van der Waals surface area contributed by atoms with E-state index in [0.29, 0.717) is 5.02 Å². The third kappa shape index (κ3) is 4.30. The van der Waals surface area contributed by atoms with E-state index in [4.69, 9.17) is 22.1 Å². The van der Waals surface area contributed by atoms with Gasteiger partial charge in [-0.1, -0.05) is 41.9 Å². The number of aromatic nitrogens is 1. The molecule has 0 saturated carbocycles. The van der Waals surface area contributed by atoms with Gasteiger partial charge in [-0.2, -0.15) is 0 Å². The molecule has 0 radical (unpaired) electrons. The Kier molecular flexibility index (Phi) is 5.78. The lowest BCUT2D eigenvalue weighted by atomic mass is 10.2. The molecule has 2 amide bonds. The van der Waals surface area contributed by atoms with Crippen molar-refractivity contribution in [2.75, 3.05) is 6.54 Å². The van der Waals surface area contributed by atoms with Gasteiger partial charge in [-0.15, -0.1) is 0 Å². The van der Waals surface area contributed by atoms with Crippen molar-refractivity contribution in [3.8, 4) is 0 Å². The van der Waals surface area contributed by atoms with Crippen molar-refractivity contribution in [2.45, 2.75) is 13.2 Å². The van der Waals surface area contributed by atoms with E-state index in [1.165, 1.54) is 0 Å². The molecule has 1 heterocycles. The second-order valence-corrected chi connectivity index (χ2v) is 6.56. The van der Waals surface area contributed by atoms with E-state index in [1.807, 2.05) is 60.1 Å². The molecule has 7 heteroatoms. The lowest BCUT2D eigenvalue weighted by Crippen LogP contribution is -2.40. The van der Waals surface area contributed by atoms with Gasteiger partial charge in [0.25, 0.3) is 0 Å². The van der Waals surface area contributed by atoms with Crippen molar-refractivity contribution >= 4 is 34.5 Å². The zero-order valence-corrected chi connectivity index (χ0v) is 15.6. The summed E-state index contributed by atoms with van der Waals surface area (Å²) in [5, 5.41) is 1.55. The molecule has 6 nitrogen and oxygen atoms in total. The van der Waals surface area contributed by atoms with Crippen molar-refractivity contribution in [2.24, 2.45) is 12.8 Å². The topological polar surface area (TPSA) is 77.6 Å². The molecule has 0 fully saturated rings. The number of amides is 2. The summed E-state index contributed by atoms with van der Waals surface area (Å²) in [6.07, 6.45) is -0.724. The molecule has 2 N–H and O–H groups in total. The van der Waals surface area contributed by atoms with Crippen LogP contribution in [0.25, 0.3) is 10.9 Å². The number of carbonyl (C=O) groups excluding carboxylic acids is 2. The molecule has 0 aliphatic rings. The minimum Gasteiger partial charge on any atom is -0.444 e. The molecule has 0 aliphatic carbocycles. The Hall–Kier alpha value is -2.83. The first-order valence-corrected chi connectivity index (χ1v) is 8.82. The first-order valence-electron chi connectivity index (χ1n) is 8.44. The standard InChI is InChI=1S/C20H20ClN3O3/c1-23-17(10-15-9-16(21)7-8-18(15)23)12-24(19(25)11-22)20(26)27-13-14-5-3-2-4-6-14/h2-10H,11-13,22H2,1H3. The molecule has 0 spiro atoms. The Labute approximate surface area is 162 Å². The highest BCUT2D eigenvalue weighted by atomic mass is 35.5. The van der Waals surface area contributed by atoms with Crippen LogP contribution in [-0.2, 0) is 29.7 Å². The van der Waals surface area contributed by atoms with Crippen LogP contribution in [0.2, 0.25) is 5.02 Å². The fourth-order valence-corrected chi connectivity index (χ4v) is 3.03. The maximum Gasteiger partial charge on any atom is 0.417 e.